The van der Waals surface area contributed by atoms with E-state index >= 15 is 0 Å². The molecule has 0 unspecified atom stereocenters. The van der Waals surface area contributed by atoms with Crippen molar-refractivity contribution in [1.82, 2.24) is 0 Å². The van der Waals surface area contributed by atoms with E-state index in [2.05, 4.69) is 0 Å². The van der Waals surface area contributed by atoms with Gasteiger partial charge in [0.2, 0.25) is 0 Å². The minimum atomic E-state index is 0. The number of halogens is 4. The van der Waals surface area contributed by atoms with Crippen molar-refractivity contribution in [2.75, 3.05) is 0 Å². The highest BCUT2D eigenvalue weighted by molar-refractivity contribution is 5.76. The van der Waals surface area contributed by atoms with E-state index in [1.54, 1.807) is 0 Å². The van der Waals surface area contributed by atoms with Crippen molar-refractivity contribution in [1.29, 1.82) is 0 Å². The molecular formula is H4B4F4. The summed E-state index contributed by atoms with van der Waals surface area (Å²) in [4.78, 5) is 0. The summed E-state index contributed by atoms with van der Waals surface area (Å²) in [5.41, 5.74) is 0. The molecule has 0 spiro atoms. The van der Waals surface area contributed by atoms with Crippen LogP contribution in [0.3, 0.4) is 0 Å². The fourth-order valence-corrected chi connectivity index (χ4v) is 0. The van der Waals surface area contributed by atoms with Gasteiger partial charge in [-0.15, -0.1) is 0 Å². The van der Waals surface area contributed by atoms with Crippen LogP contribution in [-0.4, -0.2) is 33.7 Å². The molecule has 44 valence electrons. The summed E-state index contributed by atoms with van der Waals surface area (Å²) in [6.07, 6.45) is 0. The lowest BCUT2D eigenvalue weighted by molar-refractivity contribution is 1.11. The Hall–Kier alpha value is -0.0203. The average Bonchev–Trinajstić information content (AvgIpc) is 0. The van der Waals surface area contributed by atoms with Crippen molar-refractivity contribution < 1.29 is 18.8 Å². The molecule has 0 heterocycles. The third-order valence-corrected chi connectivity index (χ3v) is 0. The van der Waals surface area contributed by atoms with Crippen molar-refractivity contribution in [2.24, 2.45) is 0 Å². The summed E-state index contributed by atoms with van der Waals surface area (Å²) in [5.74, 6) is 0. The Morgan fingerprint density at radius 1 is 0.250 bits per heavy atom. The smallest absolute Gasteiger partial charge is 0 e. The van der Waals surface area contributed by atoms with Crippen LogP contribution < -0.4 is 0 Å². The summed E-state index contributed by atoms with van der Waals surface area (Å²) in [6.45, 7) is 0. The lowest BCUT2D eigenvalue weighted by atomic mass is 10.8. The average molecular weight is 123 g/mol. The van der Waals surface area contributed by atoms with E-state index < -0.39 is 0 Å². The van der Waals surface area contributed by atoms with E-state index in [9.17, 15) is 0 Å². The Balaban J connectivity index is 0. The molecule has 0 aromatic heterocycles. The molecule has 0 aliphatic rings. The van der Waals surface area contributed by atoms with Crippen LogP contribution >= 0.6 is 0 Å². The summed E-state index contributed by atoms with van der Waals surface area (Å²) in [5, 5.41) is 0. The molecular weight excluding hydrogens is 119 g/mol. The number of hydrogen-bond donors (Lipinski definition) is 0. The van der Waals surface area contributed by atoms with Crippen molar-refractivity contribution in [3.8, 4) is 0 Å². The Labute approximate surface area is 53.6 Å². The molecule has 0 aromatic carbocycles. The molecule has 0 bridgehead atoms. The molecule has 8 heavy (non-hydrogen) atoms. The van der Waals surface area contributed by atoms with Gasteiger partial charge in [0.15, 0.2) is 0 Å². The van der Waals surface area contributed by atoms with E-state index in [4.69, 9.17) is 0 Å². The van der Waals surface area contributed by atoms with Gasteiger partial charge in [-0.3, -0.25) is 18.8 Å². The molecule has 12 radical (unpaired) electrons. The Kier molecular flexibility index (Phi) is 72000000000. The van der Waals surface area contributed by atoms with Gasteiger partial charge in [0.05, 0.1) is 0 Å². The van der Waals surface area contributed by atoms with E-state index in [0.717, 1.165) is 0 Å². The van der Waals surface area contributed by atoms with Crippen LogP contribution in [0.2, 0.25) is 0 Å². The standard InChI is InChI=1S/4B.4FH/h;;;;4*1H. The number of hydrogen-bond acceptors (Lipinski definition) is 0. The van der Waals surface area contributed by atoms with Crippen LogP contribution in [0.25, 0.3) is 0 Å². The van der Waals surface area contributed by atoms with Crippen LogP contribution in [0.5, 0.6) is 0 Å². The van der Waals surface area contributed by atoms with Crippen LogP contribution in [0, 0.1) is 0 Å². The Morgan fingerprint density at radius 2 is 0.250 bits per heavy atom. The predicted molar refractivity (Wildman–Crippen MR) is 33.0 cm³/mol. The SMILES string of the molecule is F.F.F.F.[B].[B].[B].[B]. The van der Waals surface area contributed by atoms with Gasteiger partial charge in [-0.05, 0) is 0 Å². The van der Waals surface area contributed by atoms with Gasteiger partial charge in [-0.2, -0.15) is 0 Å². The maximum Gasteiger partial charge on any atom is 0 e. The predicted octanol–water partition coefficient (Wildman–Crippen LogP) is -0.913. The van der Waals surface area contributed by atoms with E-state index in [0.29, 0.717) is 0 Å². The molecule has 0 aliphatic heterocycles. The van der Waals surface area contributed by atoms with Gasteiger partial charge in [0, 0.05) is 33.7 Å². The fraction of sp³-hybridized carbons (Fsp3) is 0. The molecule has 0 aromatic rings. The lowest BCUT2D eigenvalue weighted by Gasteiger charge is -0.270. The first-order valence-electron chi connectivity index (χ1n) is 0. The highest BCUT2D eigenvalue weighted by Crippen LogP contribution is 0.423. The fourth-order valence-electron chi connectivity index (χ4n) is 0. The molecule has 0 saturated carbocycles. The zero-order chi connectivity index (χ0) is 0. The zero-order valence-corrected chi connectivity index (χ0v) is 3.94. The maximum absolute atomic E-state index is 0. The highest BCUT2D eigenvalue weighted by Gasteiger charge is 0.00306. The zero-order valence-electron chi connectivity index (χ0n) is 3.94. The monoisotopic (exact) mass is 124 g/mol. The van der Waals surface area contributed by atoms with Crippen molar-refractivity contribution >= 4 is 33.7 Å². The number of rotatable bonds is 0. The van der Waals surface area contributed by atoms with Crippen LogP contribution in [0.4, 0.5) is 18.8 Å². The molecule has 0 aliphatic carbocycles. The van der Waals surface area contributed by atoms with Gasteiger partial charge in [-0.1, -0.05) is 0 Å². The van der Waals surface area contributed by atoms with Crippen LogP contribution in [-0.2, 0) is 0 Å². The van der Waals surface area contributed by atoms with Crippen LogP contribution in [0.15, 0.2) is 0 Å². The molecule has 0 rings (SSSR count). The van der Waals surface area contributed by atoms with E-state index in [1.807, 2.05) is 0 Å². The summed E-state index contributed by atoms with van der Waals surface area (Å²) < 4.78 is 0. The molecule has 0 N–H and O–H groups in total. The third-order valence-electron chi connectivity index (χ3n) is 0. The second-order valence-electron chi connectivity index (χ2n) is 0. The Bertz CT molecular complexity index is 8.00. The minimum Gasteiger partial charge on any atom is -0.269 e. The van der Waals surface area contributed by atoms with E-state index in [-0.39, 0.29) is 52.5 Å². The molecule has 0 saturated heterocycles. The van der Waals surface area contributed by atoms with Gasteiger partial charge >= 0.3 is 0 Å². The first-order valence-corrected chi connectivity index (χ1v) is 0. The molecule has 0 amide bonds. The summed E-state index contributed by atoms with van der Waals surface area (Å²) in [6, 6.07) is 0. The first-order chi connectivity index (χ1) is 0. The second-order valence-corrected chi connectivity index (χ2v) is 0. The van der Waals surface area contributed by atoms with Gasteiger partial charge in [0.25, 0.3) is 0 Å². The maximum atomic E-state index is 0. The third kappa shape index (κ3) is 361000. The Morgan fingerprint density at radius 3 is 0.250 bits per heavy atom. The van der Waals surface area contributed by atoms with Gasteiger partial charge in [-0.25, -0.2) is 0 Å². The molecule has 0 atom stereocenters. The highest BCUT2D eigenvalue weighted by atomic mass is 19.0. The van der Waals surface area contributed by atoms with Crippen molar-refractivity contribution in [3.05, 3.63) is 0 Å². The normalized spacial score (nSPS) is 0. The summed E-state index contributed by atoms with van der Waals surface area (Å²) >= 11 is 0. The topological polar surface area (TPSA) is 0 Å². The minimum absolute atomic E-state index is 0. The summed E-state index contributed by atoms with van der Waals surface area (Å²) in [7, 11) is 0. The quantitative estimate of drug-likeness (QED) is 0.289. The van der Waals surface area contributed by atoms with Gasteiger partial charge in [0.1, 0.15) is 0 Å². The van der Waals surface area contributed by atoms with E-state index in [1.165, 1.54) is 0 Å². The van der Waals surface area contributed by atoms with Crippen LogP contribution in [0.1, 0.15) is 0 Å². The van der Waals surface area contributed by atoms with Crippen molar-refractivity contribution in [2.45, 2.75) is 0 Å². The molecule has 0 fully saturated rings. The first kappa shape index (κ1) is 947000. The molecule has 0 nitrogen and oxygen atoms in total. The van der Waals surface area contributed by atoms with Gasteiger partial charge < -0.3 is 0 Å². The molecule has 8 heteroatoms. The largest absolute Gasteiger partial charge is 0.269 e. The second kappa shape index (κ2) is 608000. The van der Waals surface area contributed by atoms with Crippen molar-refractivity contribution in [3.63, 3.8) is 0 Å². The lowest BCUT2D eigenvalue weighted by Crippen LogP contribution is -0.382.